The summed E-state index contributed by atoms with van der Waals surface area (Å²) in [7, 11) is 0. The molecule has 0 spiro atoms. The van der Waals surface area contributed by atoms with Crippen molar-refractivity contribution in [1.82, 2.24) is 0 Å². The number of hydrogen-bond acceptors (Lipinski definition) is 4. The molecule has 3 N–H and O–H groups in total. The third-order valence-corrected chi connectivity index (χ3v) is 2.74. The van der Waals surface area contributed by atoms with Gasteiger partial charge in [0.25, 0.3) is 0 Å². The zero-order valence-corrected chi connectivity index (χ0v) is 10.8. The number of carbonyl (C=O) groups is 2. The van der Waals surface area contributed by atoms with E-state index >= 15 is 0 Å². The van der Waals surface area contributed by atoms with Crippen LogP contribution in [0.4, 0.5) is 0 Å². The highest BCUT2D eigenvalue weighted by Gasteiger charge is 2.13. The van der Waals surface area contributed by atoms with Gasteiger partial charge in [0.2, 0.25) is 11.7 Å². The second kappa shape index (κ2) is 5.48. The Kier molecular flexibility index (Phi) is 3.74. The van der Waals surface area contributed by atoms with Crippen LogP contribution in [-0.4, -0.2) is 17.0 Å². The number of aryl methyl sites for hydroxylation is 1. The highest BCUT2D eigenvalue weighted by Crippen LogP contribution is 2.19. The summed E-state index contributed by atoms with van der Waals surface area (Å²) in [5, 5.41) is 8.82. The van der Waals surface area contributed by atoms with Crippen LogP contribution in [0.15, 0.2) is 34.7 Å². The number of primary amides is 1. The average molecular weight is 275 g/mol. The quantitative estimate of drug-likeness (QED) is 0.868. The molecule has 2 aromatic rings. The molecule has 0 aliphatic heterocycles. The summed E-state index contributed by atoms with van der Waals surface area (Å²) in [6, 6.07) is 7.85. The Balaban J connectivity index is 2.10. The third kappa shape index (κ3) is 2.97. The number of rotatable bonds is 5. The van der Waals surface area contributed by atoms with Crippen LogP contribution in [0.25, 0.3) is 0 Å². The van der Waals surface area contributed by atoms with E-state index in [1.165, 1.54) is 12.1 Å². The van der Waals surface area contributed by atoms with Gasteiger partial charge in [-0.3, -0.25) is 4.79 Å². The molecule has 1 aromatic heterocycles. The number of carboxylic acids is 1. The number of nitrogens with two attached hydrogens (primary N) is 1. The Morgan fingerprint density at radius 1 is 1.35 bits per heavy atom. The van der Waals surface area contributed by atoms with Gasteiger partial charge in [0.05, 0.1) is 0 Å². The van der Waals surface area contributed by atoms with Crippen molar-refractivity contribution in [1.29, 1.82) is 0 Å². The number of hydrogen-bond donors (Lipinski definition) is 2. The Morgan fingerprint density at radius 2 is 2.10 bits per heavy atom. The van der Waals surface area contributed by atoms with Gasteiger partial charge in [0.1, 0.15) is 18.1 Å². The second-order valence-electron chi connectivity index (χ2n) is 4.18. The van der Waals surface area contributed by atoms with Gasteiger partial charge in [-0.1, -0.05) is 6.07 Å². The molecule has 0 saturated carbocycles. The van der Waals surface area contributed by atoms with E-state index in [0.29, 0.717) is 22.6 Å². The zero-order valence-electron chi connectivity index (χ0n) is 10.8. The maximum Gasteiger partial charge on any atom is 0.371 e. The molecule has 6 nitrogen and oxygen atoms in total. The van der Waals surface area contributed by atoms with E-state index in [0.717, 1.165) is 0 Å². The normalized spacial score (nSPS) is 10.2. The zero-order chi connectivity index (χ0) is 14.7. The summed E-state index contributed by atoms with van der Waals surface area (Å²) >= 11 is 0. The SMILES string of the molecule is Cc1oc(C(=O)O)cc1COc1cccc(C(N)=O)c1. The molecule has 2 rings (SSSR count). The first-order valence-electron chi connectivity index (χ1n) is 5.82. The van der Waals surface area contributed by atoms with Crippen LogP contribution in [0.1, 0.15) is 32.2 Å². The fraction of sp³-hybridized carbons (Fsp3) is 0.143. The third-order valence-electron chi connectivity index (χ3n) is 2.74. The molecule has 0 unspecified atom stereocenters. The minimum atomic E-state index is -1.13. The molecule has 0 aliphatic rings. The molecule has 0 fully saturated rings. The first-order chi connectivity index (χ1) is 9.47. The van der Waals surface area contributed by atoms with Crippen LogP contribution in [-0.2, 0) is 6.61 Å². The lowest BCUT2D eigenvalue weighted by Crippen LogP contribution is -2.10. The number of amides is 1. The fourth-order valence-electron chi connectivity index (χ4n) is 1.67. The molecule has 0 atom stereocenters. The molecule has 1 heterocycles. The Labute approximate surface area is 114 Å². The molecule has 6 heteroatoms. The van der Waals surface area contributed by atoms with E-state index in [1.54, 1.807) is 25.1 Å². The van der Waals surface area contributed by atoms with Crippen molar-refractivity contribution in [3.8, 4) is 5.75 Å². The van der Waals surface area contributed by atoms with Crippen LogP contribution < -0.4 is 10.5 Å². The number of carbonyl (C=O) groups excluding carboxylic acids is 1. The lowest BCUT2D eigenvalue weighted by atomic mass is 10.2. The van der Waals surface area contributed by atoms with Crippen molar-refractivity contribution in [2.45, 2.75) is 13.5 Å². The highest BCUT2D eigenvalue weighted by atomic mass is 16.5. The van der Waals surface area contributed by atoms with E-state index in [-0.39, 0.29) is 12.4 Å². The fourth-order valence-corrected chi connectivity index (χ4v) is 1.67. The summed E-state index contributed by atoms with van der Waals surface area (Å²) in [6.07, 6.45) is 0. The lowest BCUT2D eigenvalue weighted by Gasteiger charge is -2.06. The molecule has 0 radical (unpaired) electrons. The smallest absolute Gasteiger partial charge is 0.371 e. The van der Waals surface area contributed by atoms with Gasteiger partial charge in [-0.2, -0.15) is 0 Å². The highest BCUT2D eigenvalue weighted by molar-refractivity contribution is 5.93. The Bertz CT molecular complexity index is 659. The van der Waals surface area contributed by atoms with Gasteiger partial charge < -0.3 is 20.0 Å². The van der Waals surface area contributed by atoms with E-state index in [1.807, 2.05) is 0 Å². The maximum absolute atomic E-state index is 11.0. The molecule has 20 heavy (non-hydrogen) atoms. The van der Waals surface area contributed by atoms with Crippen LogP contribution in [0.5, 0.6) is 5.75 Å². The average Bonchev–Trinajstić information content (AvgIpc) is 2.78. The van der Waals surface area contributed by atoms with E-state index < -0.39 is 11.9 Å². The van der Waals surface area contributed by atoms with E-state index in [9.17, 15) is 9.59 Å². The first kappa shape index (κ1) is 13.7. The summed E-state index contributed by atoms with van der Waals surface area (Å²) in [5.74, 6) is -0.850. The lowest BCUT2D eigenvalue weighted by molar-refractivity contribution is 0.0660. The van der Waals surface area contributed by atoms with Crippen LogP contribution in [0.3, 0.4) is 0 Å². The minimum absolute atomic E-state index is 0.132. The topological polar surface area (TPSA) is 103 Å². The second-order valence-corrected chi connectivity index (χ2v) is 4.18. The molecular weight excluding hydrogens is 262 g/mol. The molecule has 1 aromatic carbocycles. The van der Waals surface area contributed by atoms with E-state index in [2.05, 4.69) is 0 Å². The van der Waals surface area contributed by atoms with Crippen molar-refractivity contribution in [2.75, 3.05) is 0 Å². The molecule has 1 amide bonds. The Morgan fingerprint density at radius 3 is 2.70 bits per heavy atom. The Hall–Kier alpha value is -2.76. The maximum atomic E-state index is 11.0. The summed E-state index contributed by atoms with van der Waals surface area (Å²) in [6.45, 7) is 1.80. The van der Waals surface area contributed by atoms with Crippen molar-refractivity contribution in [3.63, 3.8) is 0 Å². The predicted octanol–water partition coefficient (Wildman–Crippen LogP) is 1.96. The monoisotopic (exact) mass is 275 g/mol. The number of carboxylic acid groups (broad SMARTS) is 1. The van der Waals surface area contributed by atoms with Crippen LogP contribution in [0, 0.1) is 6.92 Å². The van der Waals surface area contributed by atoms with Crippen molar-refractivity contribution >= 4 is 11.9 Å². The van der Waals surface area contributed by atoms with Gasteiger partial charge >= 0.3 is 5.97 Å². The largest absolute Gasteiger partial charge is 0.489 e. The van der Waals surface area contributed by atoms with Crippen molar-refractivity contribution in [2.24, 2.45) is 5.73 Å². The van der Waals surface area contributed by atoms with Crippen molar-refractivity contribution in [3.05, 3.63) is 53.0 Å². The number of ether oxygens (including phenoxy) is 1. The summed E-state index contributed by atoms with van der Waals surface area (Å²) < 4.78 is 10.6. The van der Waals surface area contributed by atoms with Gasteiger partial charge in [-0.25, -0.2) is 4.79 Å². The standard InChI is InChI=1S/C14H13NO5/c1-8-10(6-12(20-8)14(17)18)7-19-11-4-2-3-9(5-11)13(15)16/h2-6H,7H2,1H3,(H2,15,16)(H,17,18). The number of benzene rings is 1. The van der Waals surface area contributed by atoms with Gasteiger partial charge in [0.15, 0.2) is 0 Å². The molecule has 0 bridgehead atoms. The van der Waals surface area contributed by atoms with E-state index in [4.69, 9.17) is 20.0 Å². The van der Waals surface area contributed by atoms with Crippen LogP contribution in [0.2, 0.25) is 0 Å². The summed E-state index contributed by atoms with van der Waals surface area (Å²) in [4.78, 5) is 21.8. The van der Waals surface area contributed by atoms with Crippen molar-refractivity contribution < 1.29 is 23.8 Å². The molecule has 104 valence electrons. The predicted molar refractivity (Wildman–Crippen MR) is 69.7 cm³/mol. The van der Waals surface area contributed by atoms with Gasteiger partial charge in [-0.15, -0.1) is 0 Å². The molecular formula is C14H13NO5. The van der Waals surface area contributed by atoms with Gasteiger partial charge in [0, 0.05) is 11.1 Å². The first-order valence-corrected chi connectivity index (χ1v) is 5.82. The minimum Gasteiger partial charge on any atom is -0.489 e. The molecule has 0 saturated heterocycles. The number of furan rings is 1. The van der Waals surface area contributed by atoms with Gasteiger partial charge in [-0.05, 0) is 31.2 Å². The molecule has 0 aliphatic carbocycles. The summed E-state index contributed by atoms with van der Waals surface area (Å²) in [5.41, 5.74) is 6.15. The number of aromatic carboxylic acids is 1. The van der Waals surface area contributed by atoms with Crippen LogP contribution >= 0.6 is 0 Å².